The van der Waals surface area contributed by atoms with Crippen LogP contribution in [0.3, 0.4) is 0 Å². The number of ether oxygens (including phenoxy) is 1. The Balaban J connectivity index is 2.12. The van der Waals surface area contributed by atoms with E-state index in [1.807, 2.05) is 20.8 Å². The molecule has 7 nitrogen and oxygen atoms in total. The maximum atomic E-state index is 10.9. The molecule has 0 amide bonds. The molecule has 0 aliphatic heterocycles. The van der Waals surface area contributed by atoms with Crippen molar-refractivity contribution < 1.29 is 14.2 Å². The Labute approximate surface area is 122 Å². The van der Waals surface area contributed by atoms with Gasteiger partial charge in [0, 0.05) is 11.5 Å². The summed E-state index contributed by atoms with van der Waals surface area (Å²) in [5.74, 6) is 1.36. The molecule has 0 fully saturated rings. The van der Waals surface area contributed by atoms with Gasteiger partial charge in [-0.1, -0.05) is 32.0 Å². The van der Waals surface area contributed by atoms with Crippen molar-refractivity contribution >= 4 is 5.69 Å². The third-order valence-electron chi connectivity index (χ3n) is 2.94. The Morgan fingerprint density at radius 2 is 2.10 bits per heavy atom. The summed E-state index contributed by atoms with van der Waals surface area (Å²) in [5, 5.41) is 14.8. The fraction of sp³-hybridized carbons (Fsp3) is 0.429. The minimum Gasteiger partial charge on any atom is -0.483 e. The van der Waals surface area contributed by atoms with Gasteiger partial charge in [0.2, 0.25) is 0 Å². The number of benzene rings is 1. The van der Waals surface area contributed by atoms with Crippen molar-refractivity contribution in [1.29, 1.82) is 0 Å². The highest BCUT2D eigenvalue weighted by Crippen LogP contribution is 2.27. The van der Waals surface area contributed by atoms with Crippen molar-refractivity contribution in [2.24, 2.45) is 0 Å². The zero-order valence-corrected chi connectivity index (χ0v) is 12.4. The van der Waals surface area contributed by atoms with Crippen molar-refractivity contribution in [2.45, 2.75) is 39.7 Å². The summed E-state index contributed by atoms with van der Waals surface area (Å²) in [6.07, 6.45) is 0. The van der Waals surface area contributed by atoms with Crippen LogP contribution in [0.1, 0.15) is 38.0 Å². The van der Waals surface area contributed by atoms with Crippen molar-refractivity contribution in [3.8, 4) is 5.75 Å². The molecule has 21 heavy (non-hydrogen) atoms. The lowest BCUT2D eigenvalue weighted by Crippen LogP contribution is -2.13. The van der Waals surface area contributed by atoms with Crippen LogP contribution in [0.25, 0.3) is 0 Å². The van der Waals surface area contributed by atoms with Gasteiger partial charge in [0.25, 0.3) is 11.6 Å². The van der Waals surface area contributed by atoms with E-state index >= 15 is 0 Å². The average molecular weight is 291 g/mol. The molecule has 0 saturated carbocycles. The first kappa shape index (κ1) is 15.0. The molecule has 0 N–H and O–H groups in total. The summed E-state index contributed by atoms with van der Waals surface area (Å²) in [5.41, 5.74) is 0.287. The SMILES string of the molecule is Cc1c(OCc2nc(C(C)(C)C)no2)cccc1[N+](=O)[O-]. The van der Waals surface area contributed by atoms with E-state index in [4.69, 9.17) is 9.26 Å². The highest BCUT2D eigenvalue weighted by molar-refractivity contribution is 5.48. The lowest BCUT2D eigenvalue weighted by molar-refractivity contribution is -0.385. The maximum Gasteiger partial charge on any atom is 0.276 e. The molecular formula is C14H17N3O4. The number of hydrogen-bond donors (Lipinski definition) is 0. The third kappa shape index (κ3) is 3.36. The topological polar surface area (TPSA) is 91.3 Å². The summed E-state index contributed by atoms with van der Waals surface area (Å²) < 4.78 is 10.6. The summed E-state index contributed by atoms with van der Waals surface area (Å²) in [6, 6.07) is 4.69. The van der Waals surface area contributed by atoms with Crippen molar-refractivity contribution in [3.05, 3.63) is 45.6 Å². The van der Waals surface area contributed by atoms with Crippen LogP contribution in [-0.2, 0) is 12.0 Å². The zero-order valence-electron chi connectivity index (χ0n) is 12.4. The number of aromatic nitrogens is 2. The molecular weight excluding hydrogens is 274 g/mol. The molecule has 0 atom stereocenters. The largest absolute Gasteiger partial charge is 0.483 e. The first-order valence-corrected chi connectivity index (χ1v) is 6.49. The zero-order chi connectivity index (χ0) is 15.6. The van der Waals surface area contributed by atoms with Crippen LogP contribution in [0.15, 0.2) is 22.7 Å². The summed E-state index contributed by atoms with van der Waals surface area (Å²) in [4.78, 5) is 14.7. The highest BCUT2D eigenvalue weighted by atomic mass is 16.6. The predicted octanol–water partition coefficient (Wildman–Crippen LogP) is 3.16. The van der Waals surface area contributed by atoms with Crippen LogP contribution in [0, 0.1) is 17.0 Å². The third-order valence-corrected chi connectivity index (χ3v) is 2.94. The Kier molecular flexibility index (Phi) is 3.93. The van der Waals surface area contributed by atoms with Gasteiger partial charge in [0.05, 0.1) is 10.5 Å². The van der Waals surface area contributed by atoms with Crippen LogP contribution < -0.4 is 4.74 Å². The minimum atomic E-state index is -0.438. The van der Waals surface area contributed by atoms with E-state index in [9.17, 15) is 10.1 Å². The highest BCUT2D eigenvalue weighted by Gasteiger charge is 2.21. The molecule has 1 aromatic heterocycles. The van der Waals surface area contributed by atoms with E-state index in [0.29, 0.717) is 23.0 Å². The van der Waals surface area contributed by atoms with Gasteiger partial charge in [0.1, 0.15) is 5.75 Å². The fourth-order valence-electron chi connectivity index (χ4n) is 1.71. The standard InChI is InChI=1S/C14H17N3O4/c1-9-10(17(18)19)6-5-7-11(9)20-8-12-15-13(16-21-12)14(2,3)4/h5-7H,8H2,1-4H3. The first-order valence-electron chi connectivity index (χ1n) is 6.49. The summed E-state index contributed by atoms with van der Waals surface area (Å²) >= 11 is 0. The molecule has 7 heteroatoms. The molecule has 0 radical (unpaired) electrons. The number of rotatable bonds is 4. The Morgan fingerprint density at radius 1 is 1.38 bits per heavy atom. The van der Waals surface area contributed by atoms with Crippen molar-refractivity contribution in [2.75, 3.05) is 0 Å². The predicted molar refractivity (Wildman–Crippen MR) is 75.2 cm³/mol. The lowest BCUT2D eigenvalue weighted by Gasteiger charge is -2.11. The number of nitro benzene ring substituents is 1. The molecule has 112 valence electrons. The Bertz CT molecular complexity index is 658. The monoisotopic (exact) mass is 291 g/mol. The smallest absolute Gasteiger partial charge is 0.276 e. The van der Waals surface area contributed by atoms with E-state index in [1.165, 1.54) is 6.07 Å². The quantitative estimate of drug-likeness (QED) is 0.634. The number of hydrogen-bond acceptors (Lipinski definition) is 6. The molecule has 0 bridgehead atoms. The molecule has 1 aromatic carbocycles. The molecule has 0 saturated heterocycles. The second kappa shape index (κ2) is 5.51. The van der Waals surface area contributed by atoms with Crippen molar-refractivity contribution in [1.82, 2.24) is 10.1 Å². The van der Waals surface area contributed by atoms with Gasteiger partial charge in [0.15, 0.2) is 12.4 Å². The number of nitro groups is 1. The fourth-order valence-corrected chi connectivity index (χ4v) is 1.71. The molecule has 0 aliphatic carbocycles. The number of nitrogens with zero attached hydrogens (tertiary/aromatic N) is 3. The van der Waals surface area contributed by atoms with E-state index in [-0.39, 0.29) is 17.7 Å². The van der Waals surface area contributed by atoms with Crippen LogP contribution in [0.5, 0.6) is 5.75 Å². The van der Waals surface area contributed by atoms with Crippen LogP contribution in [0.4, 0.5) is 5.69 Å². The first-order chi connectivity index (χ1) is 9.79. The second-order valence-corrected chi connectivity index (χ2v) is 5.71. The van der Waals surface area contributed by atoms with Gasteiger partial charge in [-0.05, 0) is 13.0 Å². The van der Waals surface area contributed by atoms with Gasteiger partial charge in [-0.15, -0.1) is 0 Å². The Morgan fingerprint density at radius 3 is 2.67 bits per heavy atom. The molecule has 0 unspecified atom stereocenters. The molecule has 2 rings (SSSR count). The van der Waals surface area contributed by atoms with Crippen molar-refractivity contribution in [3.63, 3.8) is 0 Å². The van der Waals surface area contributed by atoms with Gasteiger partial charge in [-0.25, -0.2) is 0 Å². The van der Waals surface area contributed by atoms with Gasteiger partial charge in [-0.3, -0.25) is 10.1 Å². The van der Waals surface area contributed by atoms with E-state index in [0.717, 1.165) is 0 Å². The summed E-state index contributed by atoms with van der Waals surface area (Å²) in [6.45, 7) is 7.65. The average Bonchev–Trinajstić information content (AvgIpc) is 2.86. The minimum absolute atomic E-state index is 0.0217. The molecule has 0 spiro atoms. The van der Waals surface area contributed by atoms with Gasteiger partial charge in [-0.2, -0.15) is 4.98 Å². The Hall–Kier alpha value is -2.44. The van der Waals surface area contributed by atoms with Gasteiger partial charge >= 0.3 is 0 Å². The lowest BCUT2D eigenvalue weighted by atomic mass is 9.96. The normalized spacial score (nSPS) is 11.4. The maximum absolute atomic E-state index is 10.9. The van der Waals surface area contributed by atoms with Gasteiger partial charge < -0.3 is 9.26 Å². The molecule has 0 aliphatic rings. The molecule has 2 aromatic rings. The van der Waals surface area contributed by atoms with Crippen LogP contribution in [-0.4, -0.2) is 15.1 Å². The summed E-state index contributed by atoms with van der Waals surface area (Å²) in [7, 11) is 0. The van der Waals surface area contributed by atoms with E-state index in [2.05, 4.69) is 10.1 Å². The van der Waals surface area contributed by atoms with E-state index < -0.39 is 4.92 Å². The van der Waals surface area contributed by atoms with Crippen LogP contribution >= 0.6 is 0 Å². The van der Waals surface area contributed by atoms with E-state index in [1.54, 1.807) is 19.1 Å². The van der Waals surface area contributed by atoms with Crippen LogP contribution in [0.2, 0.25) is 0 Å². The molecule has 1 heterocycles. The second-order valence-electron chi connectivity index (χ2n) is 5.71.